The topological polar surface area (TPSA) is 48.1 Å². The smallest absolute Gasteiger partial charge is 0.119 e. The van der Waals surface area contributed by atoms with Gasteiger partial charge in [0.15, 0.2) is 0 Å². The first-order valence-corrected chi connectivity index (χ1v) is 7.18. The molecule has 0 bridgehead atoms. The van der Waals surface area contributed by atoms with Crippen LogP contribution in [0.2, 0.25) is 0 Å². The van der Waals surface area contributed by atoms with Crippen LogP contribution < -0.4 is 10.5 Å². The van der Waals surface area contributed by atoms with E-state index in [0.29, 0.717) is 0 Å². The van der Waals surface area contributed by atoms with Crippen molar-refractivity contribution in [2.45, 2.75) is 32.2 Å². The lowest BCUT2D eigenvalue weighted by molar-refractivity contribution is 0.317. The van der Waals surface area contributed by atoms with Crippen molar-refractivity contribution in [1.82, 2.24) is 4.98 Å². The standard InChI is InChI=1S/C17H22N2O/c1-2-13-20-16-9-6-14(7-10-16)17(18)11-8-15-5-3-4-12-19-15/h3-7,9-10,12,17H,2,8,11,13,18H2,1H3. The minimum Gasteiger partial charge on any atom is -0.494 e. The van der Waals surface area contributed by atoms with E-state index < -0.39 is 0 Å². The fraction of sp³-hybridized carbons (Fsp3) is 0.353. The number of ether oxygens (including phenoxy) is 1. The van der Waals surface area contributed by atoms with Crippen LogP contribution in [0, 0.1) is 0 Å². The van der Waals surface area contributed by atoms with Gasteiger partial charge in [-0.3, -0.25) is 4.98 Å². The lowest BCUT2D eigenvalue weighted by Crippen LogP contribution is -2.11. The van der Waals surface area contributed by atoms with Crippen molar-refractivity contribution >= 4 is 0 Å². The Morgan fingerprint density at radius 2 is 1.95 bits per heavy atom. The highest BCUT2D eigenvalue weighted by atomic mass is 16.5. The van der Waals surface area contributed by atoms with E-state index >= 15 is 0 Å². The zero-order chi connectivity index (χ0) is 14.2. The number of hydrogen-bond donors (Lipinski definition) is 1. The second-order valence-electron chi connectivity index (χ2n) is 4.88. The third kappa shape index (κ3) is 4.35. The summed E-state index contributed by atoms with van der Waals surface area (Å²) in [7, 11) is 0. The molecule has 0 amide bonds. The van der Waals surface area contributed by atoms with E-state index in [2.05, 4.69) is 11.9 Å². The van der Waals surface area contributed by atoms with E-state index in [1.54, 1.807) is 0 Å². The Balaban J connectivity index is 1.87. The third-order valence-electron chi connectivity index (χ3n) is 3.22. The predicted molar refractivity (Wildman–Crippen MR) is 81.7 cm³/mol. The SMILES string of the molecule is CCCOc1ccc(C(N)CCc2ccccn2)cc1. The van der Waals surface area contributed by atoms with E-state index in [0.717, 1.165) is 42.9 Å². The van der Waals surface area contributed by atoms with Crippen LogP contribution in [0.15, 0.2) is 48.7 Å². The maximum absolute atomic E-state index is 6.22. The molecule has 0 spiro atoms. The van der Waals surface area contributed by atoms with Gasteiger partial charge in [0.25, 0.3) is 0 Å². The van der Waals surface area contributed by atoms with Crippen LogP contribution in [-0.2, 0) is 6.42 Å². The van der Waals surface area contributed by atoms with Crippen molar-refractivity contribution in [3.8, 4) is 5.75 Å². The summed E-state index contributed by atoms with van der Waals surface area (Å²) in [6.07, 6.45) is 4.63. The maximum atomic E-state index is 6.22. The number of pyridine rings is 1. The highest BCUT2D eigenvalue weighted by Crippen LogP contribution is 2.19. The monoisotopic (exact) mass is 270 g/mol. The molecule has 20 heavy (non-hydrogen) atoms. The summed E-state index contributed by atoms with van der Waals surface area (Å²) in [4.78, 5) is 4.32. The van der Waals surface area contributed by atoms with Crippen molar-refractivity contribution in [3.63, 3.8) is 0 Å². The Bertz CT molecular complexity index is 496. The molecule has 0 aliphatic heterocycles. The van der Waals surface area contributed by atoms with E-state index in [4.69, 9.17) is 10.5 Å². The normalized spacial score (nSPS) is 12.1. The lowest BCUT2D eigenvalue weighted by atomic mass is 10.0. The summed E-state index contributed by atoms with van der Waals surface area (Å²) in [5.41, 5.74) is 8.46. The van der Waals surface area contributed by atoms with Gasteiger partial charge in [-0.15, -0.1) is 0 Å². The summed E-state index contributed by atoms with van der Waals surface area (Å²) in [6.45, 7) is 2.85. The van der Waals surface area contributed by atoms with E-state index in [-0.39, 0.29) is 6.04 Å². The van der Waals surface area contributed by atoms with E-state index in [9.17, 15) is 0 Å². The number of aryl methyl sites for hydroxylation is 1. The average molecular weight is 270 g/mol. The fourth-order valence-corrected chi connectivity index (χ4v) is 2.05. The van der Waals surface area contributed by atoms with Gasteiger partial charge in [-0.25, -0.2) is 0 Å². The summed E-state index contributed by atoms with van der Waals surface area (Å²) in [5, 5.41) is 0. The molecule has 0 saturated carbocycles. The van der Waals surface area contributed by atoms with Crippen LogP contribution in [0.25, 0.3) is 0 Å². The largest absolute Gasteiger partial charge is 0.494 e. The minimum atomic E-state index is 0.0391. The van der Waals surface area contributed by atoms with Crippen molar-refractivity contribution in [3.05, 3.63) is 59.9 Å². The van der Waals surface area contributed by atoms with Crippen LogP contribution in [0.3, 0.4) is 0 Å². The molecule has 1 heterocycles. The molecule has 3 nitrogen and oxygen atoms in total. The molecule has 1 unspecified atom stereocenters. The molecule has 0 saturated heterocycles. The van der Waals surface area contributed by atoms with Gasteiger partial charge in [0, 0.05) is 17.9 Å². The molecule has 0 aliphatic carbocycles. The van der Waals surface area contributed by atoms with Gasteiger partial charge >= 0.3 is 0 Å². The fourth-order valence-electron chi connectivity index (χ4n) is 2.05. The molecule has 2 rings (SSSR count). The quantitative estimate of drug-likeness (QED) is 0.837. The summed E-state index contributed by atoms with van der Waals surface area (Å²) < 4.78 is 5.57. The van der Waals surface area contributed by atoms with Crippen molar-refractivity contribution in [2.75, 3.05) is 6.61 Å². The van der Waals surface area contributed by atoms with Gasteiger partial charge in [0.2, 0.25) is 0 Å². The molecule has 1 atom stereocenters. The molecule has 0 aliphatic rings. The van der Waals surface area contributed by atoms with Gasteiger partial charge in [-0.1, -0.05) is 25.1 Å². The Morgan fingerprint density at radius 3 is 2.60 bits per heavy atom. The second kappa shape index (κ2) is 7.65. The molecule has 1 aromatic carbocycles. The number of nitrogens with zero attached hydrogens (tertiary/aromatic N) is 1. The third-order valence-corrected chi connectivity index (χ3v) is 3.22. The van der Waals surface area contributed by atoms with Gasteiger partial charge in [0.05, 0.1) is 6.61 Å². The average Bonchev–Trinajstić information content (AvgIpc) is 2.52. The number of hydrogen-bond acceptors (Lipinski definition) is 3. The van der Waals surface area contributed by atoms with E-state index in [1.165, 1.54) is 0 Å². The summed E-state index contributed by atoms with van der Waals surface area (Å²) >= 11 is 0. The van der Waals surface area contributed by atoms with Crippen molar-refractivity contribution in [1.29, 1.82) is 0 Å². The van der Waals surface area contributed by atoms with Crippen molar-refractivity contribution < 1.29 is 4.74 Å². The number of benzene rings is 1. The lowest BCUT2D eigenvalue weighted by Gasteiger charge is -2.12. The number of rotatable bonds is 7. The van der Waals surface area contributed by atoms with E-state index in [1.807, 2.05) is 48.7 Å². The Kier molecular flexibility index (Phi) is 5.56. The molecular formula is C17H22N2O. The highest BCUT2D eigenvalue weighted by molar-refractivity contribution is 5.29. The zero-order valence-electron chi connectivity index (χ0n) is 12.0. The second-order valence-corrected chi connectivity index (χ2v) is 4.88. The summed E-state index contributed by atoms with van der Waals surface area (Å²) in [5.74, 6) is 0.910. The molecule has 3 heteroatoms. The molecule has 0 radical (unpaired) electrons. The zero-order valence-corrected chi connectivity index (χ0v) is 12.0. The summed E-state index contributed by atoms with van der Waals surface area (Å²) in [6, 6.07) is 14.1. The molecule has 2 N–H and O–H groups in total. The number of nitrogens with two attached hydrogens (primary N) is 1. The first-order chi connectivity index (χ1) is 9.79. The van der Waals surface area contributed by atoms with Gasteiger partial charge in [-0.05, 0) is 49.1 Å². The van der Waals surface area contributed by atoms with Gasteiger partial charge < -0.3 is 10.5 Å². The van der Waals surface area contributed by atoms with Crippen LogP contribution in [-0.4, -0.2) is 11.6 Å². The molecule has 1 aromatic heterocycles. The Labute approximate surface area is 120 Å². The Hall–Kier alpha value is -1.87. The molecule has 106 valence electrons. The van der Waals surface area contributed by atoms with Gasteiger partial charge in [-0.2, -0.15) is 0 Å². The molecular weight excluding hydrogens is 248 g/mol. The predicted octanol–water partition coefficient (Wildman–Crippen LogP) is 3.50. The number of aromatic nitrogens is 1. The molecule has 2 aromatic rings. The molecule has 0 fully saturated rings. The first kappa shape index (κ1) is 14.5. The minimum absolute atomic E-state index is 0.0391. The van der Waals surface area contributed by atoms with Crippen LogP contribution in [0.4, 0.5) is 0 Å². The van der Waals surface area contributed by atoms with Crippen LogP contribution in [0.1, 0.15) is 37.1 Å². The van der Waals surface area contributed by atoms with Crippen molar-refractivity contribution in [2.24, 2.45) is 5.73 Å². The highest BCUT2D eigenvalue weighted by Gasteiger charge is 2.07. The van der Waals surface area contributed by atoms with Crippen LogP contribution >= 0.6 is 0 Å². The first-order valence-electron chi connectivity index (χ1n) is 7.18. The maximum Gasteiger partial charge on any atom is 0.119 e. The van der Waals surface area contributed by atoms with Gasteiger partial charge in [0.1, 0.15) is 5.75 Å². The Morgan fingerprint density at radius 1 is 1.15 bits per heavy atom. The van der Waals surface area contributed by atoms with Crippen LogP contribution in [0.5, 0.6) is 5.75 Å².